The van der Waals surface area contributed by atoms with Crippen LogP contribution < -0.4 is 5.73 Å². The molecule has 0 saturated carbocycles. The molecule has 84 valence electrons. The number of hydrogen-bond donors (Lipinski definition) is 1. The maximum Gasteiger partial charge on any atom is 0.126 e. The molecule has 0 bridgehead atoms. The lowest BCUT2D eigenvalue weighted by Crippen LogP contribution is -2.21. The Labute approximate surface area is 91.5 Å². The van der Waals surface area contributed by atoms with E-state index in [9.17, 15) is 4.39 Å². The third-order valence-electron chi connectivity index (χ3n) is 3.18. The van der Waals surface area contributed by atoms with Gasteiger partial charge in [0, 0.05) is 5.92 Å². The van der Waals surface area contributed by atoms with Crippen LogP contribution in [0.2, 0.25) is 0 Å². The van der Waals surface area contributed by atoms with Crippen LogP contribution in [-0.4, -0.2) is 6.54 Å². The second-order valence-corrected chi connectivity index (χ2v) is 3.94. The highest BCUT2D eigenvalue weighted by Crippen LogP contribution is 2.30. The van der Waals surface area contributed by atoms with Gasteiger partial charge in [-0.1, -0.05) is 44.9 Å². The number of benzene rings is 1. The molecular formula is C13H20FN. The van der Waals surface area contributed by atoms with Crippen LogP contribution >= 0.6 is 0 Å². The SMILES string of the molecule is CCC(CC)C(CN)c1ccccc1F. The van der Waals surface area contributed by atoms with Crippen molar-refractivity contribution in [2.75, 3.05) is 6.54 Å². The molecule has 15 heavy (non-hydrogen) atoms. The van der Waals surface area contributed by atoms with Gasteiger partial charge in [0.25, 0.3) is 0 Å². The van der Waals surface area contributed by atoms with Crippen LogP contribution in [0.4, 0.5) is 4.39 Å². The van der Waals surface area contributed by atoms with E-state index in [1.54, 1.807) is 6.07 Å². The van der Waals surface area contributed by atoms with Gasteiger partial charge in [-0.3, -0.25) is 0 Å². The van der Waals surface area contributed by atoms with Crippen LogP contribution in [0.1, 0.15) is 38.2 Å². The van der Waals surface area contributed by atoms with Crippen LogP contribution in [0.5, 0.6) is 0 Å². The molecule has 0 aromatic heterocycles. The van der Waals surface area contributed by atoms with Gasteiger partial charge in [0.05, 0.1) is 0 Å². The molecule has 0 heterocycles. The standard InChI is InChI=1S/C13H20FN/c1-3-10(4-2)12(9-15)11-7-5-6-8-13(11)14/h5-8,10,12H,3-4,9,15H2,1-2H3. The van der Waals surface area contributed by atoms with Gasteiger partial charge >= 0.3 is 0 Å². The minimum atomic E-state index is -0.125. The smallest absolute Gasteiger partial charge is 0.126 e. The summed E-state index contributed by atoms with van der Waals surface area (Å²) in [7, 11) is 0. The Morgan fingerprint density at radius 1 is 1.20 bits per heavy atom. The fourth-order valence-corrected chi connectivity index (χ4v) is 2.21. The van der Waals surface area contributed by atoms with Crippen molar-refractivity contribution in [2.45, 2.75) is 32.6 Å². The minimum absolute atomic E-state index is 0.125. The summed E-state index contributed by atoms with van der Waals surface area (Å²) >= 11 is 0. The summed E-state index contributed by atoms with van der Waals surface area (Å²) in [5.74, 6) is 0.507. The lowest BCUT2D eigenvalue weighted by molar-refractivity contribution is 0.391. The van der Waals surface area contributed by atoms with Gasteiger partial charge in [-0.2, -0.15) is 0 Å². The molecule has 1 rings (SSSR count). The van der Waals surface area contributed by atoms with Crippen molar-refractivity contribution < 1.29 is 4.39 Å². The van der Waals surface area contributed by atoms with Crippen LogP contribution in [0.25, 0.3) is 0 Å². The summed E-state index contributed by atoms with van der Waals surface area (Å²) in [5.41, 5.74) is 6.53. The lowest BCUT2D eigenvalue weighted by Gasteiger charge is -2.24. The van der Waals surface area contributed by atoms with E-state index in [0.717, 1.165) is 18.4 Å². The van der Waals surface area contributed by atoms with Gasteiger partial charge in [0.15, 0.2) is 0 Å². The maximum absolute atomic E-state index is 13.6. The number of nitrogens with two attached hydrogens (primary N) is 1. The van der Waals surface area contributed by atoms with Gasteiger partial charge in [0.2, 0.25) is 0 Å². The van der Waals surface area contributed by atoms with Crippen LogP contribution in [0.3, 0.4) is 0 Å². The second kappa shape index (κ2) is 5.86. The van der Waals surface area contributed by atoms with E-state index in [2.05, 4.69) is 13.8 Å². The summed E-state index contributed by atoms with van der Waals surface area (Å²) in [6.07, 6.45) is 2.10. The average Bonchev–Trinajstić information content (AvgIpc) is 2.27. The maximum atomic E-state index is 13.6. The van der Waals surface area contributed by atoms with Crippen LogP contribution in [0.15, 0.2) is 24.3 Å². The topological polar surface area (TPSA) is 26.0 Å². The van der Waals surface area contributed by atoms with Gasteiger partial charge in [-0.15, -0.1) is 0 Å². The van der Waals surface area contributed by atoms with E-state index in [4.69, 9.17) is 5.73 Å². The summed E-state index contributed by atoms with van der Waals surface area (Å²) in [6.45, 7) is 4.79. The van der Waals surface area contributed by atoms with Crippen molar-refractivity contribution in [1.82, 2.24) is 0 Å². The van der Waals surface area contributed by atoms with Crippen molar-refractivity contribution >= 4 is 0 Å². The first-order chi connectivity index (χ1) is 7.24. The predicted molar refractivity (Wildman–Crippen MR) is 62.3 cm³/mol. The fourth-order valence-electron chi connectivity index (χ4n) is 2.21. The molecule has 2 heteroatoms. The Morgan fingerprint density at radius 3 is 2.27 bits per heavy atom. The molecule has 0 amide bonds. The Balaban J connectivity index is 2.96. The van der Waals surface area contributed by atoms with Gasteiger partial charge in [-0.05, 0) is 24.1 Å². The largest absolute Gasteiger partial charge is 0.330 e. The normalized spacial score (nSPS) is 13.1. The average molecular weight is 209 g/mol. The van der Waals surface area contributed by atoms with Crippen molar-refractivity contribution in [3.05, 3.63) is 35.6 Å². The third kappa shape index (κ3) is 2.78. The fraction of sp³-hybridized carbons (Fsp3) is 0.538. The van der Waals surface area contributed by atoms with E-state index in [1.165, 1.54) is 6.07 Å². The van der Waals surface area contributed by atoms with Crippen LogP contribution in [-0.2, 0) is 0 Å². The molecule has 0 saturated heterocycles. The molecule has 0 radical (unpaired) electrons. The highest BCUT2D eigenvalue weighted by atomic mass is 19.1. The molecule has 1 unspecified atom stereocenters. The van der Waals surface area contributed by atoms with E-state index in [-0.39, 0.29) is 11.7 Å². The van der Waals surface area contributed by atoms with Gasteiger partial charge in [-0.25, -0.2) is 4.39 Å². The van der Waals surface area contributed by atoms with Crippen molar-refractivity contribution in [3.8, 4) is 0 Å². The predicted octanol–water partition coefficient (Wildman–Crippen LogP) is 3.30. The zero-order chi connectivity index (χ0) is 11.3. The van der Waals surface area contributed by atoms with Gasteiger partial charge < -0.3 is 5.73 Å². The molecule has 2 N–H and O–H groups in total. The molecule has 0 aliphatic rings. The Kier molecular flexibility index (Phi) is 4.76. The summed E-state index contributed by atoms with van der Waals surface area (Å²) in [6, 6.07) is 6.97. The molecule has 0 fully saturated rings. The highest BCUT2D eigenvalue weighted by Gasteiger charge is 2.21. The van der Waals surface area contributed by atoms with E-state index < -0.39 is 0 Å². The monoisotopic (exact) mass is 209 g/mol. The molecule has 0 spiro atoms. The number of hydrogen-bond acceptors (Lipinski definition) is 1. The van der Waals surface area contributed by atoms with Crippen molar-refractivity contribution in [3.63, 3.8) is 0 Å². The molecule has 1 nitrogen and oxygen atoms in total. The molecule has 1 aromatic carbocycles. The lowest BCUT2D eigenvalue weighted by atomic mass is 9.82. The molecule has 1 atom stereocenters. The van der Waals surface area contributed by atoms with Crippen LogP contribution in [0, 0.1) is 11.7 Å². The zero-order valence-electron chi connectivity index (χ0n) is 9.54. The van der Waals surface area contributed by atoms with E-state index in [1.807, 2.05) is 12.1 Å². The summed E-state index contributed by atoms with van der Waals surface area (Å²) in [5, 5.41) is 0. The molecule has 0 aliphatic carbocycles. The van der Waals surface area contributed by atoms with E-state index in [0.29, 0.717) is 12.5 Å². The molecule has 0 aliphatic heterocycles. The third-order valence-corrected chi connectivity index (χ3v) is 3.18. The quantitative estimate of drug-likeness (QED) is 0.791. The van der Waals surface area contributed by atoms with Gasteiger partial charge in [0.1, 0.15) is 5.82 Å². The van der Waals surface area contributed by atoms with Crippen molar-refractivity contribution in [1.29, 1.82) is 0 Å². The number of rotatable bonds is 5. The Hall–Kier alpha value is -0.890. The Bertz CT molecular complexity index is 294. The first-order valence-corrected chi connectivity index (χ1v) is 5.69. The second-order valence-electron chi connectivity index (χ2n) is 3.94. The summed E-state index contributed by atoms with van der Waals surface area (Å²) < 4.78 is 13.6. The first-order valence-electron chi connectivity index (χ1n) is 5.69. The zero-order valence-corrected chi connectivity index (χ0v) is 9.54. The Morgan fingerprint density at radius 2 is 1.80 bits per heavy atom. The van der Waals surface area contributed by atoms with Crippen molar-refractivity contribution in [2.24, 2.45) is 11.7 Å². The van der Waals surface area contributed by atoms with E-state index >= 15 is 0 Å². The molecule has 1 aromatic rings. The highest BCUT2D eigenvalue weighted by molar-refractivity contribution is 5.22. The first kappa shape index (κ1) is 12.2. The molecular weight excluding hydrogens is 189 g/mol. The summed E-state index contributed by atoms with van der Waals surface area (Å²) in [4.78, 5) is 0. The number of halogens is 1. The minimum Gasteiger partial charge on any atom is -0.330 e.